The van der Waals surface area contributed by atoms with E-state index >= 15 is 0 Å². The Bertz CT molecular complexity index is 546. The summed E-state index contributed by atoms with van der Waals surface area (Å²) < 4.78 is 5.64. The predicted octanol–water partition coefficient (Wildman–Crippen LogP) is 2.46. The molecule has 21 heavy (non-hydrogen) atoms. The van der Waals surface area contributed by atoms with Gasteiger partial charge in [-0.2, -0.15) is 5.10 Å². The first-order chi connectivity index (χ1) is 10.1. The third-order valence-electron chi connectivity index (χ3n) is 3.28. The summed E-state index contributed by atoms with van der Waals surface area (Å²) in [5.41, 5.74) is 10.1. The van der Waals surface area contributed by atoms with E-state index in [0.717, 1.165) is 24.1 Å². The van der Waals surface area contributed by atoms with Crippen molar-refractivity contribution in [1.82, 2.24) is 5.43 Å². The van der Waals surface area contributed by atoms with E-state index in [-0.39, 0.29) is 11.9 Å². The number of carbonyl (C=O) groups excluding carboxylic acids is 1. The molecule has 1 heterocycles. The van der Waals surface area contributed by atoms with Crippen molar-refractivity contribution in [3.63, 3.8) is 0 Å². The molecule has 0 saturated heterocycles. The Morgan fingerprint density at radius 3 is 2.90 bits per heavy atom. The number of rotatable bonds is 6. The number of nitrogens with one attached hydrogen (secondary N) is 1. The number of halogens is 1. The molecule has 0 aromatic heterocycles. The van der Waals surface area contributed by atoms with E-state index in [0.29, 0.717) is 30.2 Å². The Kier molecular flexibility index (Phi) is 5.59. The SMILES string of the molecule is CCCC(N)COc1ccc(C2=NNC(=O)CC2)cc1Cl. The molecule has 0 radical (unpaired) electrons. The van der Waals surface area contributed by atoms with Crippen molar-refractivity contribution in [2.24, 2.45) is 10.8 Å². The average molecular weight is 310 g/mol. The highest BCUT2D eigenvalue weighted by Crippen LogP contribution is 2.27. The summed E-state index contributed by atoms with van der Waals surface area (Å²) in [4.78, 5) is 11.1. The Balaban J connectivity index is 2.02. The quantitative estimate of drug-likeness (QED) is 0.847. The summed E-state index contributed by atoms with van der Waals surface area (Å²) in [5.74, 6) is 0.558. The van der Waals surface area contributed by atoms with E-state index in [1.165, 1.54) is 0 Å². The average Bonchev–Trinajstić information content (AvgIpc) is 2.47. The van der Waals surface area contributed by atoms with Crippen LogP contribution < -0.4 is 15.9 Å². The lowest BCUT2D eigenvalue weighted by molar-refractivity contribution is -0.121. The normalized spacial score (nSPS) is 16.1. The summed E-state index contributed by atoms with van der Waals surface area (Å²) in [7, 11) is 0. The molecule has 114 valence electrons. The van der Waals surface area contributed by atoms with Gasteiger partial charge in [0.05, 0.1) is 10.7 Å². The number of hydrogen-bond acceptors (Lipinski definition) is 4. The molecule has 1 amide bonds. The fraction of sp³-hybridized carbons (Fsp3) is 0.467. The molecular weight excluding hydrogens is 290 g/mol. The van der Waals surface area contributed by atoms with E-state index < -0.39 is 0 Å². The summed E-state index contributed by atoms with van der Waals surface area (Å²) in [5, 5.41) is 4.57. The highest BCUT2D eigenvalue weighted by molar-refractivity contribution is 6.32. The zero-order chi connectivity index (χ0) is 15.2. The number of ether oxygens (including phenoxy) is 1. The third kappa shape index (κ3) is 4.44. The maximum atomic E-state index is 11.1. The van der Waals surface area contributed by atoms with Gasteiger partial charge in [0.1, 0.15) is 12.4 Å². The number of hydrazone groups is 1. The Morgan fingerprint density at radius 2 is 2.29 bits per heavy atom. The van der Waals surface area contributed by atoms with Gasteiger partial charge in [-0.15, -0.1) is 0 Å². The minimum atomic E-state index is -0.0605. The van der Waals surface area contributed by atoms with Gasteiger partial charge in [-0.3, -0.25) is 4.79 Å². The van der Waals surface area contributed by atoms with E-state index in [9.17, 15) is 4.79 Å². The van der Waals surface area contributed by atoms with Crippen LogP contribution in [0.5, 0.6) is 5.75 Å². The first kappa shape index (κ1) is 15.8. The lowest BCUT2D eigenvalue weighted by Gasteiger charge is -2.15. The summed E-state index contributed by atoms with van der Waals surface area (Å²) >= 11 is 6.23. The molecule has 5 nitrogen and oxygen atoms in total. The predicted molar refractivity (Wildman–Crippen MR) is 83.7 cm³/mol. The van der Waals surface area contributed by atoms with Crippen molar-refractivity contribution < 1.29 is 9.53 Å². The topological polar surface area (TPSA) is 76.7 Å². The van der Waals surface area contributed by atoms with E-state index in [1.807, 2.05) is 12.1 Å². The molecule has 1 aliphatic rings. The van der Waals surface area contributed by atoms with Crippen molar-refractivity contribution in [2.45, 2.75) is 38.6 Å². The second-order valence-corrected chi connectivity index (χ2v) is 5.51. The largest absolute Gasteiger partial charge is 0.490 e. The number of nitrogens with two attached hydrogens (primary N) is 1. The second-order valence-electron chi connectivity index (χ2n) is 5.10. The fourth-order valence-corrected chi connectivity index (χ4v) is 2.37. The van der Waals surface area contributed by atoms with Crippen LogP contribution in [0.25, 0.3) is 0 Å². The second kappa shape index (κ2) is 7.43. The molecule has 1 aromatic rings. The lowest BCUT2D eigenvalue weighted by Crippen LogP contribution is -2.27. The van der Waals surface area contributed by atoms with Crippen LogP contribution in [0, 0.1) is 0 Å². The summed E-state index contributed by atoms with van der Waals surface area (Å²) in [6.45, 7) is 2.54. The molecule has 0 bridgehead atoms. The van der Waals surface area contributed by atoms with Crippen LogP contribution in [0.2, 0.25) is 5.02 Å². The molecule has 2 rings (SSSR count). The minimum absolute atomic E-state index is 0.0173. The molecule has 1 atom stereocenters. The van der Waals surface area contributed by atoms with Crippen LogP contribution >= 0.6 is 11.6 Å². The van der Waals surface area contributed by atoms with Crippen LogP contribution in [-0.2, 0) is 4.79 Å². The van der Waals surface area contributed by atoms with Gasteiger partial charge in [0, 0.05) is 18.9 Å². The number of benzene rings is 1. The van der Waals surface area contributed by atoms with Gasteiger partial charge in [-0.05, 0) is 30.2 Å². The Labute approximate surface area is 129 Å². The fourth-order valence-electron chi connectivity index (χ4n) is 2.13. The molecule has 0 aliphatic carbocycles. The molecule has 3 N–H and O–H groups in total. The van der Waals surface area contributed by atoms with Crippen LogP contribution in [-0.4, -0.2) is 24.3 Å². The van der Waals surface area contributed by atoms with Crippen LogP contribution in [0.15, 0.2) is 23.3 Å². The molecule has 6 heteroatoms. The Morgan fingerprint density at radius 1 is 1.48 bits per heavy atom. The van der Waals surface area contributed by atoms with Gasteiger partial charge in [0.2, 0.25) is 5.91 Å². The van der Waals surface area contributed by atoms with Gasteiger partial charge < -0.3 is 10.5 Å². The Hall–Kier alpha value is -1.59. The standard InChI is InChI=1S/C15H20ClN3O2/c1-2-3-11(17)9-21-14-6-4-10(8-12(14)16)13-5-7-15(20)19-18-13/h4,6,8,11H,2-3,5,7,9,17H2,1H3,(H,19,20). The molecule has 1 aliphatic heterocycles. The molecule has 0 saturated carbocycles. The highest BCUT2D eigenvalue weighted by Gasteiger charge is 2.15. The smallest absolute Gasteiger partial charge is 0.240 e. The maximum Gasteiger partial charge on any atom is 0.240 e. The maximum absolute atomic E-state index is 11.1. The number of hydrogen-bond donors (Lipinski definition) is 2. The molecule has 1 unspecified atom stereocenters. The van der Waals surface area contributed by atoms with Gasteiger partial charge in [-0.1, -0.05) is 24.9 Å². The number of amides is 1. The third-order valence-corrected chi connectivity index (χ3v) is 3.58. The van der Waals surface area contributed by atoms with Gasteiger partial charge in [0.15, 0.2) is 0 Å². The van der Waals surface area contributed by atoms with Gasteiger partial charge in [-0.25, -0.2) is 5.43 Å². The van der Waals surface area contributed by atoms with Crippen molar-refractivity contribution in [1.29, 1.82) is 0 Å². The molecular formula is C15H20ClN3O2. The summed E-state index contributed by atoms with van der Waals surface area (Å²) in [6.07, 6.45) is 3.01. The van der Waals surface area contributed by atoms with Crippen LogP contribution in [0.1, 0.15) is 38.2 Å². The first-order valence-electron chi connectivity index (χ1n) is 7.14. The monoisotopic (exact) mass is 309 g/mol. The highest BCUT2D eigenvalue weighted by atomic mass is 35.5. The van der Waals surface area contributed by atoms with Crippen molar-refractivity contribution in [2.75, 3.05) is 6.61 Å². The van der Waals surface area contributed by atoms with Crippen molar-refractivity contribution >= 4 is 23.2 Å². The zero-order valence-electron chi connectivity index (χ0n) is 12.1. The number of carbonyl (C=O) groups is 1. The van der Waals surface area contributed by atoms with Crippen molar-refractivity contribution in [3.05, 3.63) is 28.8 Å². The minimum Gasteiger partial charge on any atom is -0.490 e. The number of nitrogens with zero attached hydrogens (tertiary/aromatic N) is 1. The van der Waals surface area contributed by atoms with Crippen LogP contribution in [0.4, 0.5) is 0 Å². The first-order valence-corrected chi connectivity index (χ1v) is 7.51. The van der Waals surface area contributed by atoms with E-state index in [2.05, 4.69) is 17.5 Å². The van der Waals surface area contributed by atoms with Crippen molar-refractivity contribution in [3.8, 4) is 5.75 Å². The van der Waals surface area contributed by atoms with Crippen LogP contribution in [0.3, 0.4) is 0 Å². The van der Waals surface area contributed by atoms with E-state index in [1.54, 1.807) is 6.07 Å². The molecule has 0 spiro atoms. The molecule has 0 fully saturated rings. The van der Waals surface area contributed by atoms with Gasteiger partial charge >= 0.3 is 0 Å². The zero-order valence-corrected chi connectivity index (χ0v) is 12.8. The van der Waals surface area contributed by atoms with Gasteiger partial charge in [0.25, 0.3) is 0 Å². The summed E-state index contributed by atoms with van der Waals surface area (Å²) in [6, 6.07) is 5.53. The molecule has 1 aromatic carbocycles. The van der Waals surface area contributed by atoms with E-state index in [4.69, 9.17) is 22.1 Å². The lowest BCUT2D eigenvalue weighted by atomic mass is 10.0.